The zero-order valence-corrected chi connectivity index (χ0v) is 13.5. The van der Waals surface area contributed by atoms with Crippen LogP contribution in [-0.4, -0.2) is 30.0 Å². The number of benzene rings is 1. The van der Waals surface area contributed by atoms with Crippen LogP contribution in [0.15, 0.2) is 18.2 Å². The summed E-state index contributed by atoms with van der Waals surface area (Å²) >= 11 is 11.1. The SMILES string of the molecule is CCN(CC(=O)NC(C)C)c1cc(Cl)ccc1C(N)=S. The van der Waals surface area contributed by atoms with Crippen molar-refractivity contribution in [1.82, 2.24) is 5.32 Å². The lowest BCUT2D eigenvalue weighted by molar-refractivity contribution is -0.120. The average molecular weight is 314 g/mol. The minimum Gasteiger partial charge on any atom is -0.389 e. The van der Waals surface area contributed by atoms with Gasteiger partial charge in [0.05, 0.1) is 6.54 Å². The Morgan fingerprint density at radius 3 is 2.65 bits per heavy atom. The molecule has 1 aromatic carbocycles. The van der Waals surface area contributed by atoms with E-state index < -0.39 is 0 Å². The fourth-order valence-electron chi connectivity index (χ4n) is 1.88. The van der Waals surface area contributed by atoms with Crippen LogP contribution in [0.2, 0.25) is 5.02 Å². The Hall–Kier alpha value is -1.33. The zero-order valence-electron chi connectivity index (χ0n) is 11.9. The lowest BCUT2D eigenvalue weighted by atomic mass is 10.1. The maximum Gasteiger partial charge on any atom is 0.239 e. The molecule has 0 fully saturated rings. The molecule has 0 saturated carbocycles. The molecule has 0 aliphatic heterocycles. The standard InChI is InChI=1S/C14H20ClN3OS/c1-4-18(8-13(19)17-9(2)3)12-7-10(15)5-6-11(12)14(16)20/h5-7,9H,4,8H2,1-3H3,(H2,16,20)(H,17,19). The Kier molecular flexibility index (Phi) is 6.23. The number of hydrogen-bond donors (Lipinski definition) is 2. The van der Waals surface area contributed by atoms with E-state index in [1.165, 1.54) is 0 Å². The van der Waals surface area contributed by atoms with Crippen molar-refractivity contribution in [3.05, 3.63) is 28.8 Å². The number of likely N-dealkylation sites (N-methyl/N-ethyl adjacent to an activating group) is 1. The molecule has 0 atom stereocenters. The molecule has 3 N–H and O–H groups in total. The maximum atomic E-state index is 11.9. The van der Waals surface area contributed by atoms with E-state index in [1.54, 1.807) is 18.2 Å². The van der Waals surface area contributed by atoms with E-state index >= 15 is 0 Å². The minimum atomic E-state index is -0.0456. The van der Waals surface area contributed by atoms with Gasteiger partial charge in [-0.15, -0.1) is 0 Å². The normalized spacial score (nSPS) is 10.4. The maximum absolute atomic E-state index is 11.9. The van der Waals surface area contributed by atoms with Gasteiger partial charge in [0, 0.05) is 28.9 Å². The number of carbonyl (C=O) groups is 1. The van der Waals surface area contributed by atoms with Crippen LogP contribution >= 0.6 is 23.8 Å². The molecule has 4 nitrogen and oxygen atoms in total. The number of anilines is 1. The second kappa shape index (κ2) is 7.45. The van der Waals surface area contributed by atoms with Crippen LogP contribution < -0.4 is 16.0 Å². The summed E-state index contributed by atoms with van der Waals surface area (Å²) in [5.74, 6) is -0.0456. The van der Waals surface area contributed by atoms with Crippen molar-refractivity contribution < 1.29 is 4.79 Å². The Morgan fingerprint density at radius 1 is 1.50 bits per heavy atom. The topological polar surface area (TPSA) is 58.4 Å². The van der Waals surface area contributed by atoms with Gasteiger partial charge in [-0.2, -0.15) is 0 Å². The summed E-state index contributed by atoms with van der Waals surface area (Å²) in [6.07, 6.45) is 0. The van der Waals surface area contributed by atoms with Gasteiger partial charge < -0.3 is 16.0 Å². The van der Waals surface area contributed by atoms with Gasteiger partial charge in [-0.25, -0.2) is 0 Å². The predicted octanol–water partition coefficient (Wildman–Crippen LogP) is 2.33. The quantitative estimate of drug-likeness (QED) is 0.791. The van der Waals surface area contributed by atoms with E-state index in [4.69, 9.17) is 29.6 Å². The first-order valence-corrected chi connectivity index (χ1v) is 7.27. The molecule has 0 aliphatic rings. The zero-order chi connectivity index (χ0) is 15.3. The highest BCUT2D eigenvalue weighted by Gasteiger charge is 2.15. The van der Waals surface area contributed by atoms with Gasteiger partial charge in [-0.1, -0.05) is 23.8 Å². The number of nitrogens with two attached hydrogens (primary N) is 1. The number of rotatable bonds is 6. The summed E-state index contributed by atoms with van der Waals surface area (Å²) < 4.78 is 0. The Labute approximate surface area is 130 Å². The van der Waals surface area contributed by atoms with Crippen molar-refractivity contribution in [3.63, 3.8) is 0 Å². The van der Waals surface area contributed by atoms with Crippen molar-refractivity contribution in [2.75, 3.05) is 18.0 Å². The molecule has 1 amide bonds. The van der Waals surface area contributed by atoms with Gasteiger partial charge in [-0.05, 0) is 39.0 Å². The number of halogens is 1. The number of nitrogens with zero attached hydrogens (tertiary/aromatic N) is 1. The Balaban J connectivity index is 3.02. The fourth-order valence-corrected chi connectivity index (χ4v) is 2.22. The molecule has 20 heavy (non-hydrogen) atoms. The number of amides is 1. The summed E-state index contributed by atoms with van der Waals surface area (Å²) in [6.45, 7) is 6.71. The van der Waals surface area contributed by atoms with Gasteiger partial charge in [0.2, 0.25) is 5.91 Å². The van der Waals surface area contributed by atoms with E-state index in [0.717, 1.165) is 11.3 Å². The number of carbonyl (C=O) groups excluding carboxylic acids is 1. The molecule has 0 heterocycles. The summed E-state index contributed by atoms with van der Waals surface area (Å²) in [4.78, 5) is 14.1. The first-order chi connectivity index (χ1) is 9.35. The van der Waals surface area contributed by atoms with Gasteiger partial charge in [0.15, 0.2) is 0 Å². The fraction of sp³-hybridized carbons (Fsp3) is 0.429. The van der Waals surface area contributed by atoms with Gasteiger partial charge >= 0.3 is 0 Å². The van der Waals surface area contributed by atoms with Crippen LogP contribution in [0.5, 0.6) is 0 Å². The smallest absolute Gasteiger partial charge is 0.239 e. The van der Waals surface area contributed by atoms with Crippen LogP contribution in [0.3, 0.4) is 0 Å². The Morgan fingerprint density at radius 2 is 2.15 bits per heavy atom. The van der Waals surface area contributed by atoms with E-state index in [2.05, 4.69) is 5.32 Å². The van der Waals surface area contributed by atoms with Gasteiger partial charge in [0.1, 0.15) is 4.99 Å². The van der Waals surface area contributed by atoms with E-state index in [1.807, 2.05) is 25.7 Å². The average Bonchev–Trinajstić information content (AvgIpc) is 2.34. The number of thiocarbonyl (C=S) groups is 1. The van der Waals surface area contributed by atoms with Crippen molar-refractivity contribution in [1.29, 1.82) is 0 Å². The van der Waals surface area contributed by atoms with Gasteiger partial charge in [-0.3, -0.25) is 4.79 Å². The molecule has 0 saturated heterocycles. The molecule has 1 aromatic rings. The molecular weight excluding hydrogens is 294 g/mol. The van der Waals surface area contributed by atoms with E-state index in [-0.39, 0.29) is 18.5 Å². The minimum absolute atomic E-state index is 0.0456. The van der Waals surface area contributed by atoms with Crippen LogP contribution in [-0.2, 0) is 4.79 Å². The predicted molar refractivity (Wildman–Crippen MR) is 88.5 cm³/mol. The molecule has 0 unspecified atom stereocenters. The summed E-state index contributed by atoms with van der Waals surface area (Å²) in [5.41, 5.74) is 7.24. The van der Waals surface area contributed by atoms with Gasteiger partial charge in [0.25, 0.3) is 0 Å². The van der Waals surface area contributed by atoms with Crippen LogP contribution in [0, 0.1) is 0 Å². The number of nitrogens with one attached hydrogen (secondary N) is 1. The highest BCUT2D eigenvalue weighted by Crippen LogP contribution is 2.24. The van der Waals surface area contributed by atoms with Crippen LogP contribution in [0.1, 0.15) is 26.3 Å². The van der Waals surface area contributed by atoms with Crippen molar-refractivity contribution in [2.45, 2.75) is 26.8 Å². The summed E-state index contributed by atoms with van der Waals surface area (Å²) in [6, 6.07) is 5.41. The lowest BCUT2D eigenvalue weighted by Crippen LogP contribution is -2.40. The second-order valence-corrected chi connectivity index (χ2v) is 5.64. The summed E-state index contributed by atoms with van der Waals surface area (Å²) in [7, 11) is 0. The lowest BCUT2D eigenvalue weighted by Gasteiger charge is -2.25. The molecular formula is C14H20ClN3OS. The molecule has 0 aromatic heterocycles. The third-order valence-corrected chi connectivity index (χ3v) is 3.19. The molecule has 0 radical (unpaired) electrons. The van der Waals surface area contributed by atoms with Crippen molar-refractivity contribution >= 4 is 40.4 Å². The first kappa shape index (κ1) is 16.7. The highest BCUT2D eigenvalue weighted by atomic mass is 35.5. The molecule has 0 bridgehead atoms. The van der Waals surface area contributed by atoms with Crippen LogP contribution in [0.25, 0.3) is 0 Å². The van der Waals surface area contributed by atoms with E-state index in [0.29, 0.717) is 16.6 Å². The molecule has 110 valence electrons. The third kappa shape index (κ3) is 4.65. The Bertz CT molecular complexity index is 505. The van der Waals surface area contributed by atoms with Crippen molar-refractivity contribution in [3.8, 4) is 0 Å². The number of hydrogen-bond acceptors (Lipinski definition) is 3. The highest BCUT2D eigenvalue weighted by molar-refractivity contribution is 7.80. The van der Waals surface area contributed by atoms with Crippen molar-refractivity contribution in [2.24, 2.45) is 5.73 Å². The second-order valence-electron chi connectivity index (χ2n) is 4.76. The molecule has 0 spiro atoms. The third-order valence-electron chi connectivity index (χ3n) is 2.73. The monoisotopic (exact) mass is 313 g/mol. The molecule has 1 rings (SSSR count). The first-order valence-electron chi connectivity index (χ1n) is 6.48. The van der Waals surface area contributed by atoms with Crippen LogP contribution in [0.4, 0.5) is 5.69 Å². The molecule has 6 heteroatoms. The van der Waals surface area contributed by atoms with E-state index in [9.17, 15) is 4.79 Å². The molecule has 0 aliphatic carbocycles. The summed E-state index contributed by atoms with van der Waals surface area (Å²) in [5, 5.41) is 3.45. The largest absolute Gasteiger partial charge is 0.389 e.